The number of fused-ring (bicyclic) bond motifs is 1. The summed E-state index contributed by atoms with van der Waals surface area (Å²) in [6, 6.07) is 9.25. The molecule has 0 unspecified atom stereocenters. The minimum Gasteiger partial charge on any atom is -0.485 e. The van der Waals surface area contributed by atoms with E-state index in [0.717, 1.165) is 36.0 Å². The summed E-state index contributed by atoms with van der Waals surface area (Å²) in [5.41, 5.74) is 0.240. The lowest BCUT2D eigenvalue weighted by Gasteiger charge is -2.09. The van der Waals surface area contributed by atoms with Crippen molar-refractivity contribution < 1.29 is 18.8 Å². The molecule has 1 aliphatic rings. The molecule has 1 N–H and O–H groups in total. The third-order valence-electron chi connectivity index (χ3n) is 4.32. The Hall–Kier alpha value is -2.93. The summed E-state index contributed by atoms with van der Waals surface area (Å²) < 4.78 is 16.5. The molecule has 7 heteroatoms. The van der Waals surface area contributed by atoms with Crippen LogP contribution in [0.25, 0.3) is 10.8 Å². The zero-order valence-electron chi connectivity index (χ0n) is 14.2. The van der Waals surface area contributed by atoms with Crippen molar-refractivity contribution in [2.75, 3.05) is 13.2 Å². The fourth-order valence-electron chi connectivity index (χ4n) is 2.96. The smallest absolute Gasteiger partial charge is 0.273 e. The van der Waals surface area contributed by atoms with Crippen LogP contribution in [0.5, 0.6) is 5.75 Å². The van der Waals surface area contributed by atoms with Gasteiger partial charge in [0.2, 0.25) is 0 Å². The highest BCUT2D eigenvalue weighted by Gasteiger charge is 2.18. The first kappa shape index (κ1) is 16.5. The third-order valence-corrected chi connectivity index (χ3v) is 4.32. The second-order valence-electron chi connectivity index (χ2n) is 6.17. The molecule has 1 aromatic carbocycles. The number of ether oxygens (including phenoxy) is 2. The number of rotatable bonds is 6. The third kappa shape index (κ3) is 3.67. The first-order valence-electron chi connectivity index (χ1n) is 8.60. The van der Waals surface area contributed by atoms with Crippen LogP contribution in [0, 0.1) is 0 Å². The monoisotopic (exact) mass is 353 g/mol. The fraction of sp³-hybridized carbons (Fsp3) is 0.316. The van der Waals surface area contributed by atoms with Crippen molar-refractivity contribution in [2.24, 2.45) is 0 Å². The van der Waals surface area contributed by atoms with Crippen molar-refractivity contribution in [2.45, 2.75) is 25.6 Å². The molecule has 1 aliphatic heterocycles. The summed E-state index contributed by atoms with van der Waals surface area (Å²) in [5, 5.41) is 8.60. The predicted molar refractivity (Wildman–Crippen MR) is 93.9 cm³/mol. The Morgan fingerprint density at radius 2 is 2.31 bits per heavy atom. The van der Waals surface area contributed by atoms with Crippen molar-refractivity contribution in [3.05, 3.63) is 54.2 Å². The van der Waals surface area contributed by atoms with Gasteiger partial charge in [0.1, 0.15) is 12.4 Å². The van der Waals surface area contributed by atoms with Gasteiger partial charge in [0, 0.05) is 42.4 Å². The Morgan fingerprint density at radius 1 is 1.35 bits per heavy atom. The van der Waals surface area contributed by atoms with Gasteiger partial charge in [-0.25, -0.2) is 0 Å². The summed E-state index contributed by atoms with van der Waals surface area (Å²) in [4.78, 5) is 16.2. The molecule has 7 nitrogen and oxygen atoms in total. The molecular weight excluding hydrogens is 334 g/mol. The number of carbonyl (C=O) groups excluding carboxylic acids is 1. The van der Waals surface area contributed by atoms with Gasteiger partial charge in [0.05, 0.1) is 6.10 Å². The van der Waals surface area contributed by atoms with Gasteiger partial charge in [-0.05, 0) is 25.0 Å². The van der Waals surface area contributed by atoms with Gasteiger partial charge in [0.25, 0.3) is 5.91 Å². The summed E-state index contributed by atoms with van der Waals surface area (Å²) in [6.45, 7) is 1.44. The predicted octanol–water partition coefficient (Wildman–Crippen LogP) is 2.71. The highest BCUT2D eigenvalue weighted by molar-refractivity contribution is 5.92. The Labute approximate surface area is 150 Å². The van der Waals surface area contributed by atoms with Crippen LogP contribution in [0.4, 0.5) is 0 Å². The Bertz CT molecular complexity index is 897. The average molecular weight is 353 g/mol. The standard InChI is InChI=1S/C19H19N3O4/c23-19(21-11-14-4-2-8-24-14)17-9-15(26-22-17)12-25-18-5-1-3-13-10-20-7-6-16(13)18/h1,3,5-7,9-10,14H,2,4,8,11-12H2,(H,21,23)/t14-/m0/s1. The largest absolute Gasteiger partial charge is 0.485 e. The van der Waals surface area contributed by atoms with E-state index < -0.39 is 0 Å². The quantitative estimate of drug-likeness (QED) is 0.733. The molecule has 0 spiro atoms. The van der Waals surface area contributed by atoms with E-state index in [1.54, 1.807) is 18.5 Å². The molecule has 4 rings (SSSR count). The minimum absolute atomic E-state index is 0.0921. The minimum atomic E-state index is -0.272. The molecular formula is C19H19N3O4. The van der Waals surface area contributed by atoms with Crippen LogP contribution >= 0.6 is 0 Å². The van der Waals surface area contributed by atoms with E-state index in [1.807, 2.05) is 24.3 Å². The summed E-state index contributed by atoms with van der Waals surface area (Å²) in [7, 11) is 0. The number of nitrogens with one attached hydrogen (secondary N) is 1. The number of hydrogen-bond donors (Lipinski definition) is 1. The van der Waals surface area contributed by atoms with Crippen LogP contribution in [0.3, 0.4) is 0 Å². The molecule has 3 aromatic rings. The van der Waals surface area contributed by atoms with Crippen molar-refractivity contribution >= 4 is 16.7 Å². The molecule has 1 amide bonds. The van der Waals surface area contributed by atoms with Crippen LogP contribution < -0.4 is 10.1 Å². The Kier molecular flexibility index (Phi) is 4.79. The van der Waals surface area contributed by atoms with Crippen LogP contribution in [-0.2, 0) is 11.3 Å². The van der Waals surface area contributed by atoms with Crippen LogP contribution in [0.15, 0.2) is 47.2 Å². The van der Waals surface area contributed by atoms with Crippen molar-refractivity contribution in [1.29, 1.82) is 0 Å². The summed E-state index contributed by atoms with van der Waals surface area (Å²) in [6.07, 6.45) is 5.61. The molecule has 1 saturated heterocycles. The van der Waals surface area contributed by atoms with Gasteiger partial charge in [-0.15, -0.1) is 0 Å². The van der Waals surface area contributed by atoms with E-state index in [0.29, 0.717) is 12.3 Å². The number of amides is 1. The average Bonchev–Trinajstić information content (AvgIpc) is 3.36. The van der Waals surface area contributed by atoms with Crippen LogP contribution in [0.1, 0.15) is 29.1 Å². The molecule has 3 heterocycles. The van der Waals surface area contributed by atoms with E-state index in [1.165, 1.54) is 0 Å². The zero-order valence-corrected chi connectivity index (χ0v) is 14.2. The molecule has 134 valence electrons. The van der Waals surface area contributed by atoms with E-state index >= 15 is 0 Å². The molecule has 0 saturated carbocycles. The van der Waals surface area contributed by atoms with Crippen molar-refractivity contribution in [1.82, 2.24) is 15.5 Å². The van der Waals surface area contributed by atoms with E-state index in [9.17, 15) is 4.79 Å². The lowest BCUT2D eigenvalue weighted by Crippen LogP contribution is -2.31. The van der Waals surface area contributed by atoms with Crippen molar-refractivity contribution in [3.63, 3.8) is 0 Å². The maximum absolute atomic E-state index is 12.1. The van der Waals surface area contributed by atoms with Gasteiger partial charge >= 0.3 is 0 Å². The molecule has 0 bridgehead atoms. The summed E-state index contributed by atoms with van der Waals surface area (Å²) >= 11 is 0. The molecule has 1 fully saturated rings. The molecule has 0 aliphatic carbocycles. The second-order valence-corrected chi connectivity index (χ2v) is 6.17. The topological polar surface area (TPSA) is 86.5 Å². The number of benzene rings is 1. The van der Waals surface area contributed by atoms with Gasteiger partial charge in [-0.3, -0.25) is 9.78 Å². The normalized spacial score (nSPS) is 16.7. The maximum Gasteiger partial charge on any atom is 0.273 e. The maximum atomic E-state index is 12.1. The van der Waals surface area contributed by atoms with E-state index in [-0.39, 0.29) is 24.3 Å². The van der Waals surface area contributed by atoms with Crippen molar-refractivity contribution in [3.8, 4) is 5.75 Å². The van der Waals surface area contributed by atoms with Gasteiger partial charge in [-0.2, -0.15) is 0 Å². The number of hydrogen-bond acceptors (Lipinski definition) is 6. The second kappa shape index (κ2) is 7.53. The Morgan fingerprint density at radius 3 is 3.19 bits per heavy atom. The molecule has 26 heavy (non-hydrogen) atoms. The highest BCUT2D eigenvalue weighted by Crippen LogP contribution is 2.25. The van der Waals surface area contributed by atoms with Gasteiger partial charge < -0.3 is 19.3 Å². The van der Waals surface area contributed by atoms with Gasteiger partial charge in [-0.1, -0.05) is 17.3 Å². The SMILES string of the molecule is O=C(NC[C@@H]1CCCO1)c1cc(COc2cccc3cnccc23)on1. The zero-order chi connectivity index (χ0) is 17.8. The lowest BCUT2D eigenvalue weighted by atomic mass is 10.1. The fourth-order valence-corrected chi connectivity index (χ4v) is 2.96. The Balaban J connectivity index is 1.36. The van der Waals surface area contributed by atoms with Crippen LogP contribution in [-0.4, -0.2) is 35.3 Å². The van der Waals surface area contributed by atoms with Crippen LogP contribution in [0.2, 0.25) is 0 Å². The molecule has 0 radical (unpaired) electrons. The number of pyridine rings is 1. The number of aromatic nitrogens is 2. The highest BCUT2D eigenvalue weighted by atomic mass is 16.5. The number of nitrogens with zero attached hydrogens (tertiary/aromatic N) is 2. The summed E-state index contributed by atoms with van der Waals surface area (Å²) in [5.74, 6) is 0.941. The first-order valence-corrected chi connectivity index (χ1v) is 8.60. The molecule has 2 aromatic heterocycles. The van der Waals surface area contributed by atoms with E-state index in [2.05, 4.69) is 15.5 Å². The first-order chi connectivity index (χ1) is 12.8. The van der Waals surface area contributed by atoms with Gasteiger partial charge in [0.15, 0.2) is 11.5 Å². The molecule has 1 atom stereocenters. The number of carbonyl (C=O) groups is 1. The van der Waals surface area contributed by atoms with E-state index in [4.69, 9.17) is 14.0 Å². The lowest BCUT2D eigenvalue weighted by molar-refractivity contribution is 0.0850.